The van der Waals surface area contributed by atoms with Gasteiger partial charge in [0.25, 0.3) is 0 Å². The van der Waals surface area contributed by atoms with Crippen molar-refractivity contribution < 1.29 is 11.3 Å². The molecule has 0 aliphatic rings. The SMILES string of the molecule is [2H]c1c([2H])c([2H])c(-c2nc(-n3c4ccccc4c4cc5c(ccc6oc7ccccc7c65)cc43)nc3c4ccccc4c4ccccc4c23)c([2H])c1[2H]. The predicted molar refractivity (Wildman–Crippen MR) is 199 cm³/mol. The second-order valence-electron chi connectivity index (χ2n) is 12.2. The Hall–Kier alpha value is -6.52. The van der Waals surface area contributed by atoms with E-state index in [0.29, 0.717) is 16.9 Å². The lowest BCUT2D eigenvalue weighted by Gasteiger charge is -2.16. The highest BCUT2D eigenvalue weighted by atomic mass is 16.3. The average molecular weight is 617 g/mol. The Morgan fingerprint density at radius 2 is 1.19 bits per heavy atom. The molecule has 0 aliphatic heterocycles. The zero-order valence-corrected chi connectivity index (χ0v) is 25.3. The fraction of sp³-hybridized carbons (Fsp3) is 0. The van der Waals surface area contributed by atoms with Gasteiger partial charge in [-0.15, -0.1) is 0 Å². The zero-order valence-electron chi connectivity index (χ0n) is 30.3. The lowest BCUT2D eigenvalue weighted by atomic mass is 9.94. The van der Waals surface area contributed by atoms with Crippen molar-refractivity contribution in [3.63, 3.8) is 0 Å². The van der Waals surface area contributed by atoms with E-state index in [-0.39, 0.29) is 23.3 Å². The van der Waals surface area contributed by atoms with Crippen LogP contribution in [0, 0.1) is 0 Å². The van der Waals surface area contributed by atoms with Gasteiger partial charge < -0.3 is 4.42 Å². The minimum Gasteiger partial charge on any atom is -0.456 e. The molecule has 4 nitrogen and oxygen atoms in total. The van der Waals surface area contributed by atoms with Gasteiger partial charge in [-0.3, -0.25) is 4.57 Å². The Labute approximate surface area is 281 Å². The summed E-state index contributed by atoms with van der Waals surface area (Å²) in [5.41, 5.74) is 4.35. The molecular formula is C44H25N3O. The summed E-state index contributed by atoms with van der Waals surface area (Å²) in [6, 6.07) is 38.7. The maximum absolute atomic E-state index is 9.08. The summed E-state index contributed by atoms with van der Waals surface area (Å²) in [5.74, 6) is 0.333. The molecule has 0 amide bonds. The summed E-state index contributed by atoms with van der Waals surface area (Å²) in [5, 5.41) is 10.5. The molecule has 222 valence electrons. The second-order valence-corrected chi connectivity index (χ2v) is 12.2. The van der Waals surface area contributed by atoms with Gasteiger partial charge in [-0.1, -0.05) is 121 Å². The van der Waals surface area contributed by atoms with E-state index >= 15 is 0 Å². The van der Waals surface area contributed by atoms with Crippen LogP contribution in [-0.4, -0.2) is 14.5 Å². The number of rotatable bonds is 2. The standard InChI is InChI=1S/C44H25N3O/c1-2-12-26(13-3-1)42-41-31-17-6-4-14-28(31)29-15-5-7-18-32(29)43(41)46-44(45-42)47-36-20-10-8-16-30(36)35-25-34-27(24-37(35)47)22-23-39-40(34)33-19-9-11-21-38(33)48-39/h1-25H/i1D,2D,3D,12D,13D. The summed E-state index contributed by atoms with van der Waals surface area (Å²) in [6.45, 7) is 0. The highest BCUT2D eigenvalue weighted by Gasteiger charge is 2.21. The Kier molecular flexibility index (Phi) is 4.22. The Morgan fingerprint density at radius 3 is 2.02 bits per heavy atom. The van der Waals surface area contributed by atoms with Crippen molar-refractivity contribution in [1.29, 1.82) is 0 Å². The predicted octanol–water partition coefficient (Wildman–Crippen LogP) is 11.8. The average Bonchev–Trinajstić information content (AvgIpc) is 3.74. The molecule has 0 spiro atoms. The smallest absolute Gasteiger partial charge is 0.235 e. The minimum absolute atomic E-state index is 0.0329. The third kappa shape index (κ3) is 3.43. The molecule has 0 saturated carbocycles. The summed E-state index contributed by atoms with van der Waals surface area (Å²) >= 11 is 0. The zero-order chi connectivity index (χ0) is 35.7. The first-order valence-electron chi connectivity index (χ1n) is 18.3. The lowest BCUT2D eigenvalue weighted by molar-refractivity contribution is 0.669. The molecule has 0 unspecified atom stereocenters. The number of nitrogens with zero attached hydrogens (tertiary/aromatic N) is 3. The van der Waals surface area contributed by atoms with Gasteiger partial charge in [0, 0.05) is 37.9 Å². The number of para-hydroxylation sites is 2. The van der Waals surface area contributed by atoms with Crippen LogP contribution < -0.4 is 0 Å². The second kappa shape index (κ2) is 9.50. The Morgan fingerprint density at radius 1 is 0.500 bits per heavy atom. The third-order valence-corrected chi connectivity index (χ3v) is 9.65. The van der Waals surface area contributed by atoms with E-state index in [1.165, 1.54) is 0 Å². The van der Waals surface area contributed by atoms with Crippen LogP contribution in [0.5, 0.6) is 0 Å². The molecule has 0 aliphatic carbocycles. The van der Waals surface area contributed by atoms with E-state index in [9.17, 15) is 0 Å². The van der Waals surface area contributed by atoms with Crippen LogP contribution in [0.4, 0.5) is 0 Å². The fourth-order valence-corrected chi connectivity index (χ4v) is 7.63. The van der Waals surface area contributed by atoms with Gasteiger partial charge in [-0.05, 0) is 57.3 Å². The number of fused-ring (bicyclic) bond motifs is 14. The summed E-state index contributed by atoms with van der Waals surface area (Å²) in [7, 11) is 0. The van der Waals surface area contributed by atoms with Gasteiger partial charge in [-0.2, -0.15) is 0 Å². The monoisotopic (exact) mass is 616 g/mol. The topological polar surface area (TPSA) is 43.9 Å². The molecule has 3 heterocycles. The van der Waals surface area contributed by atoms with Gasteiger partial charge in [0.1, 0.15) is 11.2 Å². The lowest BCUT2D eigenvalue weighted by Crippen LogP contribution is -2.04. The van der Waals surface area contributed by atoms with Crippen LogP contribution in [-0.2, 0) is 0 Å². The Balaban J connectivity index is 1.34. The summed E-state index contributed by atoms with van der Waals surface area (Å²) < 4.78 is 52.0. The van der Waals surface area contributed by atoms with Gasteiger partial charge >= 0.3 is 0 Å². The minimum atomic E-state index is -0.452. The highest BCUT2D eigenvalue weighted by molar-refractivity contribution is 6.27. The maximum Gasteiger partial charge on any atom is 0.235 e. The van der Waals surface area contributed by atoms with Crippen molar-refractivity contribution in [3.05, 3.63) is 152 Å². The summed E-state index contributed by atoms with van der Waals surface area (Å²) in [4.78, 5) is 10.6. The first kappa shape index (κ1) is 21.3. The summed E-state index contributed by atoms with van der Waals surface area (Å²) in [6.07, 6.45) is 0. The number of benzene rings is 8. The third-order valence-electron chi connectivity index (χ3n) is 9.65. The number of hydrogen-bond acceptors (Lipinski definition) is 3. The molecule has 3 aromatic heterocycles. The van der Waals surface area contributed by atoms with Gasteiger partial charge in [0.05, 0.1) is 29.1 Å². The van der Waals surface area contributed by atoms with Gasteiger partial charge in [0.15, 0.2) is 0 Å². The molecule has 4 heteroatoms. The molecule has 0 radical (unpaired) electrons. The van der Waals surface area contributed by atoms with Crippen LogP contribution in [0.3, 0.4) is 0 Å². The van der Waals surface area contributed by atoms with Crippen molar-refractivity contribution in [2.45, 2.75) is 0 Å². The number of aromatic nitrogens is 3. The molecule has 0 saturated heterocycles. The molecule has 0 bridgehead atoms. The van der Waals surface area contributed by atoms with Crippen molar-refractivity contribution >= 4 is 87.0 Å². The molecule has 8 aromatic carbocycles. The van der Waals surface area contributed by atoms with Crippen LogP contribution in [0.1, 0.15) is 6.85 Å². The van der Waals surface area contributed by atoms with Crippen molar-refractivity contribution in [2.24, 2.45) is 0 Å². The van der Waals surface area contributed by atoms with Crippen LogP contribution in [0.2, 0.25) is 0 Å². The molecule has 11 rings (SSSR count). The van der Waals surface area contributed by atoms with E-state index in [1.54, 1.807) is 0 Å². The molecular weight excluding hydrogens is 587 g/mol. The van der Waals surface area contributed by atoms with E-state index in [1.807, 2.05) is 89.5 Å². The largest absolute Gasteiger partial charge is 0.456 e. The number of hydrogen-bond donors (Lipinski definition) is 0. The van der Waals surface area contributed by atoms with Gasteiger partial charge in [0.2, 0.25) is 5.95 Å². The maximum atomic E-state index is 9.08. The first-order valence-corrected chi connectivity index (χ1v) is 15.8. The number of furan rings is 1. The van der Waals surface area contributed by atoms with Crippen LogP contribution in [0.25, 0.3) is 104 Å². The van der Waals surface area contributed by atoms with E-state index < -0.39 is 18.1 Å². The molecule has 0 fully saturated rings. The molecule has 11 aromatic rings. The van der Waals surface area contributed by atoms with Crippen molar-refractivity contribution in [1.82, 2.24) is 14.5 Å². The van der Waals surface area contributed by atoms with Crippen LogP contribution in [0.15, 0.2) is 156 Å². The van der Waals surface area contributed by atoms with E-state index in [4.69, 9.17) is 21.2 Å². The molecule has 48 heavy (non-hydrogen) atoms. The van der Waals surface area contributed by atoms with E-state index in [2.05, 4.69) is 36.4 Å². The van der Waals surface area contributed by atoms with E-state index in [0.717, 1.165) is 76.1 Å². The molecule has 0 N–H and O–H groups in total. The Bertz CT molecular complexity index is 3390. The fourth-order valence-electron chi connectivity index (χ4n) is 7.63. The highest BCUT2D eigenvalue weighted by Crippen LogP contribution is 2.42. The van der Waals surface area contributed by atoms with Crippen LogP contribution >= 0.6 is 0 Å². The molecule has 0 atom stereocenters. The first-order chi connectivity index (χ1) is 25.9. The quantitative estimate of drug-likeness (QED) is 0.182. The normalized spacial score (nSPS) is 13.6. The van der Waals surface area contributed by atoms with Crippen molar-refractivity contribution in [3.8, 4) is 17.2 Å². The van der Waals surface area contributed by atoms with Gasteiger partial charge in [-0.25, -0.2) is 9.97 Å². The van der Waals surface area contributed by atoms with Crippen molar-refractivity contribution in [2.75, 3.05) is 0 Å².